The second-order valence-electron chi connectivity index (χ2n) is 2.30. The highest BCUT2D eigenvalue weighted by atomic mass is 32.2. The summed E-state index contributed by atoms with van der Waals surface area (Å²) in [4.78, 5) is 10.8. The normalized spacial score (nSPS) is 8.12. The van der Waals surface area contributed by atoms with Gasteiger partial charge in [0.25, 0.3) is 5.69 Å². The Labute approximate surface area is 108 Å². The van der Waals surface area contributed by atoms with Gasteiger partial charge < -0.3 is 4.74 Å². The van der Waals surface area contributed by atoms with Gasteiger partial charge in [-0.25, -0.2) is 0 Å². The van der Waals surface area contributed by atoms with Gasteiger partial charge in [-0.3, -0.25) is 10.1 Å². The average molecular weight is 259 g/mol. The lowest BCUT2D eigenvalue weighted by molar-refractivity contribution is -0.385. The summed E-state index contributed by atoms with van der Waals surface area (Å²) in [5.74, 6) is 0.665. The van der Waals surface area contributed by atoms with E-state index in [1.54, 1.807) is 13.2 Å². The molecular formula is C12H21NO3S. The van der Waals surface area contributed by atoms with Crippen molar-refractivity contribution >= 4 is 17.4 Å². The number of thioether (sulfide) groups is 1. The fourth-order valence-electron chi connectivity index (χ4n) is 0.938. The topological polar surface area (TPSA) is 52.4 Å². The van der Waals surface area contributed by atoms with E-state index in [0.717, 1.165) is 4.90 Å². The number of rotatable bonds is 3. The van der Waals surface area contributed by atoms with Gasteiger partial charge in [0.1, 0.15) is 5.75 Å². The van der Waals surface area contributed by atoms with E-state index in [2.05, 4.69) is 0 Å². The van der Waals surface area contributed by atoms with Crippen LogP contribution < -0.4 is 4.74 Å². The summed E-state index contributed by atoms with van der Waals surface area (Å²) in [5, 5.41) is 10.4. The third-order valence-electron chi connectivity index (χ3n) is 1.58. The van der Waals surface area contributed by atoms with E-state index in [-0.39, 0.29) is 5.69 Å². The molecule has 0 fully saturated rings. The summed E-state index contributed by atoms with van der Waals surface area (Å²) in [6, 6.07) is 4.53. The molecule has 1 aromatic rings. The van der Waals surface area contributed by atoms with E-state index in [9.17, 15) is 10.1 Å². The van der Waals surface area contributed by atoms with Crippen molar-refractivity contribution in [3.8, 4) is 5.75 Å². The first kappa shape index (κ1) is 18.1. The van der Waals surface area contributed by atoms with Crippen LogP contribution in [0.5, 0.6) is 5.75 Å². The van der Waals surface area contributed by atoms with Gasteiger partial charge in [0.15, 0.2) is 0 Å². The molecule has 0 aliphatic heterocycles. The summed E-state index contributed by atoms with van der Waals surface area (Å²) < 4.78 is 5.03. The fourth-order valence-corrected chi connectivity index (χ4v) is 1.53. The molecule has 0 saturated heterocycles. The molecule has 0 spiro atoms. The smallest absolute Gasteiger partial charge is 0.270 e. The van der Waals surface area contributed by atoms with Gasteiger partial charge in [-0.2, -0.15) is 0 Å². The Morgan fingerprint density at radius 1 is 1.24 bits per heavy atom. The number of nitro benzene ring substituents is 1. The highest BCUT2D eigenvalue weighted by Gasteiger charge is 2.09. The van der Waals surface area contributed by atoms with Crippen molar-refractivity contribution in [2.45, 2.75) is 32.6 Å². The molecule has 5 heteroatoms. The number of hydrogen-bond donors (Lipinski definition) is 0. The third kappa shape index (κ3) is 6.16. The number of ether oxygens (including phenoxy) is 1. The molecule has 4 nitrogen and oxygen atoms in total. The van der Waals surface area contributed by atoms with Gasteiger partial charge in [-0.05, 0) is 12.3 Å². The molecule has 1 rings (SSSR count). The number of non-ortho nitro benzene ring substituents is 1. The maximum absolute atomic E-state index is 10.4. The van der Waals surface area contributed by atoms with Crippen LogP contribution in [-0.2, 0) is 0 Å². The maximum atomic E-state index is 10.4. The van der Waals surface area contributed by atoms with Crippen LogP contribution in [0.1, 0.15) is 27.7 Å². The standard InChI is InChI=1S/C8H9NO3S.2C2H6/c1-12-7-4-3-6(9(10)11)5-8(7)13-2;2*1-2/h3-5H,1-2H3;2*1-2H3. The van der Waals surface area contributed by atoms with Gasteiger partial charge in [-0.1, -0.05) is 27.7 Å². The van der Waals surface area contributed by atoms with Crippen LogP contribution in [0.15, 0.2) is 23.1 Å². The lowest BCUT2D eigenvalue weighted by Crippen LogP contribution is -1.90. The molecule has 0 saturated carbocycles. The molecule has 0 heterocycles. The number of hydrogen-bond acceptors (Lipinski definition) is 4. The van der Waals surface area contributed by atoms with Gasteiger partial charge >= 0.3 is 0 Å². The fraction of sp³-hybridized carbons (Fsp3) is 0.500. The zero-order chi connectivity index (χ0) is 13.8. The zero-order valence-electron chi connectivity index (χ0n) is 11.3. The Morgan fingerprint density at radius 3 is 2.12 bits per heavy atom. The SMILES string of the molecule is CC.CC.COc1ccc([N+](=O)[O-])cc1SC. The van der Waals surface area contributed by atoms with Crippen LogP contribution in [-0.4, -0.2) is 18.3 Å². The predicted octanol–water partition coefficient (Wildman–Crippen LogP) is 4.38. The van der Waals surface area contributed by atoms with Crippen LogP contribution in [0.3, 0.4) is 0 Å². The molecule has 0 aliphatic carbocycles. The van der Waals surface area contributed by atoms with E-state index in [0.29, 0.717) is 5.75 Å². The quantitative estimate of drug-likeness (QED) is 0.459. The summed E-state index contributed by atoms with van der Waals surface area (Å²) >= 11 is 1.42. The minimum Gasteiger partial charge on any atom is -0.496 e. The van der Waals surface area contributed by atoms with E-state index in [4.69, 9.17) is 4.74 Å². The molecule has 0 aromatic heterocycles. The number of nitro groups is 1. The van der Waals surface area contributed by atoms with Crippen LogP contribution in [0.2, 0.25) is 0 Å². The van der Waals surface area contributed by atoms with Gasteiger partial charge in [-0.15, -0.1) is 11.8 Å². The van der Waals surface area contributed by atoms with Crippen molar-refractivity contribution in [2.24, 2.45) is 0 Å². The second kappa shape index (κ2) is 11.3. The highest BCUT2D eigenvalue weighted by Crippen LogP contribution is 2.30. The predicted molar refractivity (Wildman–Crippen MR) is 74.1 cm³/mol. The molecule has 1 aromatic carbocycles. The molecule has 0 atom stereocenters. The Kier molecular flexibility index (Phi) is 12.0. The molecule has 0 aliphatic rings. The lowest BCUT2D eigenvalue weighted by atomic mass is 10.3. The minimum atomic E-state index is -0.418. The van der Waals surface area contributed by atoms with Crippen molar-refractivity contribution in [2.75, 3.05) is 13.4 Å². The zero-order valence-corrected chi connectivity index (χ0v) is 12.1. The van der Waals surface area contributed by atoms with Crippen LogP contribution >= 0.6 is 11.8 Å². The Morgan fingerprint density at radius 2 is 1.76 bits per heavy atom. The van der Waals surface area contributed by atoms with Crippen LogP contribution in [0.25, 0.3) is 0 Å². The van der Waals surface area contributed by atoms with Crippen LogP contribution in [0, 0.1) is 10.1 Å². The highest BCUT2D eigenvalue weighted by molar-refractivity contribution is 7.98. The van der Waals surface area contributed by atoms with Crippen molar-refractivity contribution in [1.82, 2.24) is 0 Å². The Balaban J connectivity index is 0. The van der Waals surface area contributed by atoms with E-state index in [1.165, 1.54) is 23.9 Å². The van der Waals surface area contributed by atoms with Crippen molar-refractivity contribution in [1.29, 1.82) is 0 Å². The monoisotopic (exact) mass is 259 g/mol. The summed E-state index contributed by atoms with van der Waals surface area (Å²) in [7, 11) is 1.54. The van der Waals surface area contributed by atoms with E-state index < -0.39 is 4.92 Å². The van der Waals surface area contributed by atoms with Crippen molar-refractivity contribution < 1.29 is 9.66 Å². The third-order valence-corrected chi connectivity index (χ3v) is 2.34. The summed E-state index contributed by atoms with van der Waals surface area (Å²) in [6.07, 6.45) is 1.85. The first-order chi connectivity index (χ1) is 8.19. The van der Waals surface area contributed by atoms with Crippen molar-refractivity contribution in [3.63, 3.8) is 0 Å². The molecule has 0 amide bonds. The summed E-state index contributed by atoms with van der Waals surface area (Å²) in [6.45, 7) is 8.00. The second-order valence-corrected chi connectivity index (χ2v) is 3.14. The number of nitrogens with zero attached hydrogens (tertiary/aromatic N) is 1. The van der Waals surface area contributed by atoms with E-state index >= 15 is 0 Å². The molecular weight excluding hydrogens is 238 g/mol. The Bertz CT molecular complexity index is 330. The Hall–Kier alpha value is -1.23. The molecule has 17 heavy (non-hydrogen) atoms. The minimum absolute atomic E-state index is 0.0881. The maximum Gasteiger partial charge on any atom is 0.270 e. The molecule has 0 N–H and O–H groups in total. The molecule has 98 valence electrons. The van der Waals surface area contributed by atoms with Gasteiger partial charge in [0, 0.05) is 12.1 Å². The lowest BCUT2D eigenvalue weighted by Gasteiger charge is -2.04. The largest absolute Gasteiger partial charge is 0.496 e. The molecule has 0 radical (unpaired) electrons. The molecule has 0 unspecified atom stereocenters. The average Bonchev–Trinajstić information content (AvgIpc) is 2.42. The van der Waals surface area contributed by atoms with Gasteiger partial charge in [0.05, 0.1) is 16.9 Å². The number of methoxy groups -OCH3 is 1. The van der Waals surface area contributed by atoms with Crippen molar-refractivity contribution in [3.05, 3.63) is 28.3 Å². The number of benzene rings is 1. The molecule has 0 bridgehead atoms. The first-order valence-corrected chi connectivity index (χ1v) is 6.78. The van der Waals surface area contributed by atoms with Gasteiger partial charge in [0.2, 0.25) is 0 Å². The van der Waals surface area contributed by atoms with Crippen LogP contribution in [0.4, 0.5) is 5.69 Å². The van der Waals surface area contributed by atoms with E-state index in [1.807, 2.05) is 34.0 Å². The summed E-state index contributed by atoms with van der Waals surface area (Å²) in [5.41, 5.74) is 0.0881. The first-order valence-electron chi connectivity index (χ1n) is 5.55.